The summed E-state index contributed by atoms with van der Waals surface area (Å²) in [6, 6.07) is 13.2. The third-order valence-electron chi connectivity index (χ3n) is 3.70. The Morgan fingerprint density at radius 1 is 1.16 bits per heavy atom. The average Bonchev–Trinajstić information content (AvgIpc) is 3.07. The van der Waals surface area contributed by atoms with Crippen LogP contribution in [0.2, 0.25) is 0 Å². The van der Waals surface area contributed by atoms with E-state index in [0.717, 1.165) is 16.8 Å². The van der Waals surface area contributed by atoms with Crippen LogP contribution in [0.3, 0.4) is 0 Å². The molecular formula is C19H19N3O3. The molecule has 0 unspecified atom stereocenters. The predicted octanol–water partition coefficient (Wildman–Crippen LogP) is 2.68. The lowest BCUT2D eigenvalue weighted by molar-refractivity contribution is -0.116. The number of nitrogens with zero attached hydrogens (tertiary/aromatic N) is 2. The summed E-state index contributed by atoms with van der Waals surface area (Å²) < 4.78 is 12.2. The van der Waals surface area contributed by atoms with E-state index in [4.69, 9.17) is 9.47 Å². The monoisotopic (exact) mass is 337 g/mol. The number of benzene rings is 1. The molecule has 0 aliphatic heterocycles. The molecule has 2 aromatic heterocycles. The van der Waals surface area contributed by atoms with Gasteiger partial charge in [0.1, 0.15) is 0 Å². The zero-order valence-corrected chi connectivity index (χ0v) is 14.1. The normalized spacial score (nSPS) is 11.0. The van der Waals surface area contributed by atoms with Gasteiger partial charge in [0.25, 0.3) is 0 Å². The molecule has 0 saturated heterocycles. The molecule has 0 aliphatic rings. The number of rotatable bonds is 6. The van der Waals surface area contributed by atoms with Crippen molar-refractivity contribution in [3.8, 4) is 11.5 Å². The number of fused-ring (bicyclic) bond motifs is 1. The molecule has 1 amide bonds. The third kappa shape index (κ3) is 3.98. The van der Waals surface area contributed by atoms with Crippen molar-refractivity contribution in [1.82, 2.24) is 14.9 Å². The van der Waals surface area contributed by atoms with Gasteiger partial charge in [-0.15, -0.1) is 0 Å². The topological polar surface area (TPSA) is 64.9 Å². The first-order valence-corrected chi connectivity index (χ1v) is 7.81. The molecule has 6 nitrogen and oxygen atoms in total. The van der Waals surface area contributed by atoms with Crippen molar-refractivity contribution in [2.24, 2.45) is 0 Å². The van der Waals surface area contributed by atoms with Crippen LogP contribution >= 0.6 is 0 Å². The third-order valence-corrected chi connectivity index (χ3v) is 3.70. The summed E-state index contributed by atoms with van der Waals surface area (Å²) in [4.78, 5) is 12.0. The van der Waals surface area contributed by atoms with Crippen LogP contribution in [0.1, 0.15) is 11.3 Å². The first kappa shape index (κ1) is 16.6. The number of hydrogen-bond acceptors (Lipinski definition) is 4. The number of methoxy groups -OCH3 is 2. The largest absolute Gasteiger partial charge is 0.493 e. The standard InChI is InChI=1S/C19H19N3O3/c1-24-17-8-6-14(11-18(17)25-2)7-9-19(23)20-13-15-12-16-5-3-4-10-22(16)21-15/h3-12H,13H2,1-2H3,(H,20,23)/b9-7+. The van der Waals surface area contributed by atoms with Crippen LogP contribution < -0.4 is 14.8 Å². The summed E-state index contributed by atoms with van der Waals surface area (Å²) in [5.74, 6) is 1.08. The second kappa shape index (κ2) is 7.53. The quantitative estimate of drug-likeness (QED) is 0.703. The molecule has 0 radical (unpaired) electrons. The molecule has 1 N–H and O–H groups in total. The minimum Gasteiger partial charge on any atom is -0.493 e. The summed E-state index contributed by atoms with van der Waals surface area (Å²) in [6.45, 7) is 0.372. The van der Waals surface area contributed by atoms with E-state index in [1.54, 1.807) is 30.9 Å². The molecule has 3 aromatic rings. The van der Waals surface area contributed by atoms with E-state index in [2.05, 4.69) is 10.4 Å². The predicted molar refractivity (Wildman–Crippen MR) is 95.6 cm³/mol. The number of carbonyl (C=O) groups is 1. The van der Waals surface area contributed by atoms with Crippen LogP contribution in [0.25, 0.3) is 11.6 Å². The van der Waals surface area contributed by atoms with Gasteiger partial charge in [0.05, 0.1) is 32.0 Å². The highest BCUT2D eigenvalue weighted by atomic mass is 16.5. The van der Waals surface area contributed by atoms with Gasteiger partial charge in [0.2, 0.25) is 5.91 Å². The number of pyridine rings is 1. The van der Waals surface area contributed by atoms with Gasteiger partial charge in [-0.1, -0.05) is 12.1 Å². The van der Waals surface area contributed by atoms with Crippen LogP contribution in [-0.2, 0) is 11.3 Å². The van der Waals surface area contributed by atoms with Gasteiger partial charge in [-0.05, 0) is 42.0 Å². The molecule has 0 spiro atoms. The Balaban J connectivity index is 1.61. The van der Waals surface area contributed by atoms with Gasteiger partial charge in [0.15, 0.2) is 11.5 Å². The minimum absolute atomic E-state index is 0.188. The lowest BCUT2D eigenvalue weighted by Gasteiger charge is -2.07. The van der Waals surface area contributed by atoms with E-state index >= 15 is 0 Å². The number of amides is 1. The maximum absolute atomic E-state index is 12.0. The van der Waals surface area contributed by atoms with Crippen molar-refractivity contribution in [1.29, 1.82) is 0 Å². The molecule has 0 aliphatic carbocycles. The van der Waals surface area contributed by atoms with Crippen molar-refractivity contribution in [2.75, 3.05) is 14.2 Å². The van der Waals surface area contributed by atoms with Crippen LogP contribution in [0.15, 0.2) is 54.7 Å². The van der Waals surface area contributed by atoms with E-state index in [1.165, 1.54) is 6.08 Å². The van der Waals surface area contributed by atoms with Crippen molar-refractivity contribution in [3.63, 3.8) is 0 Å². The van der Waals surface area contributed by atoms with Crippen LogP contribution in [0, 0.1) is 0 Å². The Labute approximate surface area is 145 Å². The molecule has 1 aromatic carbocycles. The Bertz CT molecular complexity index is 882. The lowest BCUT2D eigenvalue weighted by atomic mass is 10.2. The van der Waals surface area contributed by atoms with Gasteiger partial charge < -0.3 is 14.8 Å². The van der Waals surface area contributed by atoms with Gasteiger partial charge in [-0.2, -0.15) is 5.10 Å². The van der Waals surface area contributed by atoms with E-state index in [9.17, 15) is 4.79 Å². The summed E-state index contributed by atoms with van der Waals surface area (Å²) in [5.41, 5.74) is 2.65. The maximum atomic E-state index is 12.0. The molecule has 0 saturated carbocycles. The van der Waals surface area contributed by atoms with Crippen molar-refractivity contribution in [3.05, 3.63) is 66.0 Å². The minimum atomic E-state index is -0.188. The second-order valence-corrected chi connectivity index (χ2v) is 5.37. The SMILES string of the molecule is COc1ccc(/C=C/C(=O)NCc2cc3ccccn3n2)cc1OC. The van der Waals surface area contributed by atoms with Crippen molar-refractivity contribution < 1.29 is 14.3 Å². The van der Waals surface area contributed by atoms with E-state index in [0.29, 0.717) is 18.0 Å². The second-order valence-electron chi connectivity index (χ2n) is 5.37. The average molecular weight is 337 g/mol. The number of carbonyl (C=O) groups excluding carboxylic acids is 1. The molecule has 2 heterocycles. The van der Waals surface area contributed by atoms with Gasteiger partial charge in [-0.3, -0.25) is 4.79 Å². The number of ether oxygens (including phenoxy) is 2. The fraction of sp³-hybridized carbons (Fsp3) is 0.158. The van der Waals surface area contributed by atoms with E-state index in [1.807, 2.05) is 42.6 Å². The summed E-state index contributed by atoms with van der Waals surface area (Å²) in [7, 11) is 3.16. The summed E-state index contributed by atoms with van der Waals surface area (Å²) in [5, 5.41) is 7.22. The van der Waals surface area contributed by atoms with Crippen molar-refractivity contribution >= 4 is 17.5 Å². The van der Waals surface area contributed by atoms with Gasteiger partial charge >= 0.3 is 0 Å². The summed E-state index contributed by atoms with van der Waals surface area (Å²) >= 11 is 0. The van der Waals surface area contributed by atoms with Crippen LogP contribution in [0.4, 0.5) is 0 Å². The number of hydrogen-bond donors (Lipinski definition) is 1. The highest BCUT2D eigenvalue weighted by Crippen LogP contribution is 2.27. The Morgan fingerprint density at radius 3 is 2.76 bits per heavy atom. The molecule has 0 fully saturated rings. The first-order valence-electron chi connectivity index (χ1n) is 7.81. The van der Waals surface area contributed by atoms with E-state index < -0.39 is 0 Å². The lowest BCUT2D eigenvalue weighted by Crippen LogP contribution is -2.20. The zero-order valence-electron chi connectivity index (χ0n) is 14.1. The highest BCUT2D eigenvalue weighted by molar-refractivity contribution is 5.91. The molecule has 6 heteroatoms. The van der Waals surface area contributed by atoms with Gasteiger partial charge in [-0.25, -0.2) is 4.52 Å². The smallest absolute Gasteiger partial charge is 0.244 e. The Kier molecular flexibility index (Phi) is 4.99. The fourth-order valence-electron chi connectivity index (χ4n) is 2.44. The number of nitrogens with one attached hydrogen (secondary N) is 1. The zero-order chi connectivity index (χ0) is 17.6. The molecule has 128 valence electrons. The van der Waals surface area contributed by atoms with Crippen LogP contribution in [0.5, 0.6) is 11.5 Å². The Hall–Kier alpha value is -3.28. The van der Waals surface area contributed by atoms with Crippen LogP contribution in [-0.4, -0.2) is 29.7 Å². The Morgan fingerprint density at radius 2 is 2.00 bits per heavy atom. The molecule has 25 heavy (non-hydrogen) atoms. The molecule has 0 atom stereocenters. The fourth-order valence-corrected chi connectivity index (χ4v) is 2.44. The molecular weight excluding hydrogens is 318 g/mol. The molecule has 0 bridgehead atoms. The number of aromatic nitrogens is 2. The van der Waals surface area contributed by atoms with Crippen molar-refractivity contribution in [2.45, 2.75) is 6.54 Å². The summed E-state index contributed by atoms with van der Waals surface area (Å²) in [6.07, 6.45) is 5.08. The first-order chi connectivity index (χ1) is 12.2. The highest BCUT2D eigenvalue weighted by Gasteiger charge is 2.04. The van der Waals surface area contributed by atoms with E-state index in [-0.39, 0.29) is 5.91 Å². The van der Waals surface area contributed by atoms with Gasteiger partial charge in [0, 0.05) is 12.3 Å². The maximum Gasteiger partial charge on any atom is 0.244 e. The molecule has 3 rings (SSSR count).